The Morgan fingerprint density at radius 2 is 2.22 bits per heavy atom. The lowest BCUT2D eigenvalue weighted by Crippen LogP contribution is -2.28. The third kappa shape index (κ3) is 2.94. The quantitative estimate of drug-likeness (QED) is 0.908. The van der Waals surface area contributed by atoms with Crippen molar-refractivity contribution in [2.24, 2.45) is 5.10 Å². The van der Waals surface area contributed by atoms with Crippen LogP contribution >= 0.6 is 23.2 Å². The molecule has 1 amide bonds. The maximum Gasteiger partial charge on any atom is 0.225 e. The van der Waals surface area contributed by atoms with Crippen LogP contribution in [0.5, 0.6) is 0 Å². The fraction of sp³-hybridized carbons (Fsp3) is 0.333. The van der Waals surface area contributed by atoms with Crippen molar-refractivity contribution in [1.29, 1.82) is 0 Å². The molecule has 6 heteroatoms. The minimum atomic E-state index is -0.0234. The van der Waals surface area contributed by atoms with Crippen LogP contribution < -0.4 is 10.3 Å². The zero-order chi connectivity index (χ0) is 13.1. The number of anilines is 1. The van der Waals surface area contributed by atoms with Gasteiger partial charge in [0, 0.05) is 19.4 Å². The van der Waals surface area contributed by atoms with E-state index in [1.54, 1.807) is 17.1 Å². The number of hydrogen-bond donors (Lipinski definition) is 1. The summed E-state index contributed by atoms with van der Waals surface area (Å²) in [6.07, 6.45) is 1.16. The van der Waals surface area contributed by atoms with E-state index in [2.05, 4.69) is 10.4 Å². The van der Waals surface area contributed by atoms with Crippen LogP contribution in [0.2, 0.25) is 10.0 Å². The van der Waals surface area contributed by atoms with Gasteiger partial charge in [-0.05, 0) is 18.2 Å². The zero-order valence-corrected chi connectivity index (χ0v) is 11.4. The third-order valence-corrected chi connectivity index (χ3v) is 3.35. The highest BCUT2D eigenvalue weighted by atomic mass is 35.5. The number of halogens is 2. The molecule has 0 bridgehead atoms. The van der Waals surface area contributed by atoms with Gasteiger partial charge in [-0.15, -0.1) is 0 Å². The van der Waals surface area contributed by atoms with Crippen molar-refractivity contribution in [2.75, 3.05) is 11.6 Å². The zero-order valence-electron chi connectivity index (χ0n) is 9.91. The van der Waals surface area contributed by atoms with E-state index in [0.717, 1.165) is 12.2 Å². The number of hydrazone groups is 1. The summed E-state index contributed by atoms with van der Waals surface area (Å²) in [6.45, 7) is 2.53. The van der Waals surface area contributed by atoms with Gasteiger partial charge in [-0.2, -0.15) is 5.10 Å². The van der Waals surface area contributed by atoms with E-state index in [1.807, 2.05) is 13.0 Å². The number of nitrogens with one attached hydrogen (secondary N) is 1. The smallest absolute Gasteiger partial charge is 0.225 e. The fourth-order valence-corrected chi connectivity index (χ4v) is 1.92. The molecule has 0 saturated heterocycles. The van der Waals surface area contributed by atoms with Crippen molar-refractivity contribution < 1.29 is 4.79 Å². The Bertz CT molecular complexity index is 502. The number of rotatable bonds is 2. The van der Waals surface area contributed by atoms with Gasteiger partial charge >= 0.3 is 0 Å². The maximum absolute atomic E-state index is 11.3. The maximum atomic E-state index is 11.3. The van der Waals surface area contributed by atoms with Crippen LogP contribution in [0.1, 0.15) is 19.8 Å². The van der Waals surface area contributed by atoms with Crippen molar-refractivity contribution in [3.05, 3.63) is 28.2 Å². The lowest BCUT2D eigenvalue weighted by atomic mass is 10.3. The second-order valence-electron chi connectivity index (χ2n) is 3.92. The van der Waals surface area contributed by atoms with E-state index in [-0.39, 0.29) is 5.91 Å². The molecule has 1 aromatic rings. The number of carbonyl (C=O) groups excluding carboxylic acids is 1. The first-order chi connectivity index (χ1) is 8.60. The SMILES string of the molecule is CCC(=O)NC1=NN(c2ccc(Cl)c(Cl)c2)CC1. The highest BCUT2D eigenvalue weighted by Gasteiger charge is 2.17. The van der Waals surface area contributed by atoms with Crippen LogP contribution in [0.4, 0.5) is 5.69 Å². The second-order valence-corrected chi connectivity index (χ2v) is 4.73. The average Bonchev–Trinajstić information content (AvgIpc) is 2.81. The van der Waals surface area contributed by atoms with Crippen LogP contribution in [-0.2, 0) is 4.79 Å². The molecule has 0 aromatic heterocycles. The Morgan fingerprint density at radius 1 is 1.44 bits per heavy atom. The lowest BCUT2D eigenvalue weighted by molar-refractivity contribution is -0.119. The average molecular weight is 286 g/mol. The number of hydrogen-bond acceptors (Lipinski definition) is 3. The normalized spacial score (nSPS) is 14.6. The summed E-state index contributed by atoms with van der Waals surface area (Å²) >= 11 is 11.8. The lowest BCUT2D eigenvalue weighted by Gasteiger charge is -2.13. The predicted octanol–water partition coefficient (Wildman–Crippen LogP) is 3.04. The summed E-state index contributed by atoms with van der Waals surface area (Å²) in [7, 11) is 0. The van der Waals surface area contributed by atoms with Gasteiger partial charge in [0.2, 0.25) is 5.91 Å². The summed E-state index contributed by atoms with van der Waals surface area (Å²) in [6, 6.07) is 5.34. The van der Waals surface area contributed by atoms with Gasteiger partial charge in [0.1, 0.15) is 5.84 Å². The summed E-state index contributed by atoms with van der Waals surface area (Å²) in [5, 5.41) is 9.91. The van der Waals surface area contributed by atoms with Gasteiger partial charge in [-0.1, -0.05) is 30.1 Å². The standard InChI is InChI=1S/C12H13Cl2N3O/c1-2-12(18)15-11-5-6-17(16-11)8-3-4-9(13)10(14)7-8/h3-4,7H,2,5-6H2,1H3,(H,15,16,18). The Balaban J connectivity index is 2.11. The summed E-state index contributed by atoms with van der Waals surface area (Å²) < 4.78 is 0. The number of nitrogens with zero attached hydrogens (tertiary/aromatic N) is 2. The third-order valence-electron chi connectivity index (χ3n) is 2.61. The van der Waals surface area contributed by atoms with Gasteiger partial charge in [-0.25, -0.2) is 0 Å². The highest BCUT2D eigenvalue weighted by Crippen LogP contribution is 2.28. The molecule has 1 aliphatic rings. The number of amidine groups is 1. The van der Waals surface area contributed by atoms with Gasteiger partial charge in [0.05, 0.1) is 15.7 Å². The molecule has 0 aliphatic carbocycles. The number of carbonyl (C=O) groups is 1. The molecule has 1 N–H and O–H groups in total. The van der Waals surface area contributed by atoms with E-state index >= 15 is 0 Å². The van der Waals surface area contributed by atoms with Crippen molar-refractivity contribution in [1.82, 2.24) is 5.32 Å². The Morgan fingerprint density at radius 3 is 2.89 bits per heavy atom. The van der Waals surface area contributed by atoms with Gasteiger partial charge in [0.15, 0.2) is 0 Å². The Hall–Kier alpha value is -1.26. The fourth-order valence-electron chi connectivity index (χ4n) is 1.63. The molecule has 4 nitrogen and oxygen atoms in total. The molecule has 1 aliphatic heterocycles. The molecule has 0 saturated carbocycles. The highest BCUT2D eigenvalue weighted by molar-refractivity contribution is 6.42. The second kappa shape index (κ2) is 5.59. The molecule has 0 atom stereocenters. The van der Waals surface area contributed by atoms with Crippen molar-refractivity contribution in [3.8, 4) is 0 Å². The molecular weight excluding hydrogens is 273 g/mol. The monoisotopic (exact) mass is 285 g/mol. The molecule has 18 heavy (non-hydrogen) atoms. The topological polar surface area (TPSA) is 44.7 Å². The summed E-state index contributed by atoms with van der Waals surface area (Å²) in [5.74, 6) is 0.665. The molecule has 0 spiro atoms. The largest absolute Gasteiger partial charge is 0.313 e. The van der Waals surface area contributed by atoms with Crippen LogP contribution in [-0.4, -0.2) is 18.3 Å². The van der Waals surface area contributed by atoms with Gasteiger partial charge in [-0.3, -0.25) is 9.80 Å². The molecule has 0 unspecified atom stereocenters. The van der Waals surface area contributed by atoms with Crippen LogP contribution in [0, 0.1) is 0 Å². The minimum Gasteiger partial charge on any atom is -0.313 e. The first-order valence-electron chi connectivity index (χ1n) is 5.70. The summed E-state index contributed by atoms with van der Waals surface area (Å²) in [5.41, 5.74) is 0.866. The van der Waals surface area contributed by atoms with Crippen molar-refractivity contribution in [2.45, 2.75) is 19.8 Å². The van der Waals surface area contributed by atoms with Crippen LogP contribution in [0.15, 0.2) is 23.3 Å². The molecule has 1 aromatic carbocycles. The first kappa shape index (κ1) is 13.2. The van der Waals surface area contributed by atoms with Crippen LogP contribution in [0.3, 0.4) is 0 Å². The number of benzene rings is 1. The first-order valence-corrected chi connectivity index (χ1v) is 6.45. The molecule has 2 rings (SSSR count). The van der Waals surface area contributed by atoms with Gasteiger partial charge in [0.25, 0.3) is 0 Å². The van der Waals surface area contributed by atoms with Crippen LogP contribution in [0.25, 0.3) is 0 Å². The van der Waals surface area contributed by atoms with E-state index in [4.69, 9.17) is 23.2 Å². The summed E-state index contributed by atoms with van der Waals surface area (Å²) in [4.78, 5) is 11.3. The predicted molar refractivity (Wildman–Crippen MR) is 74.3 cm³/mol. The van der Waals surface area contributed by atoms with E-state index in [1.165, 1.54) is 0 Å². The molecule has 1 heterocycles. The van der Waals surface area contributed by atoms with E-state index < -0.39 is 0 Å². The van der Waals surface area contributed by atoms with E-state index in [9.17, 15) is 4.79 Å². The van der Waals surface area contributed by atoms with Crippen molar-refractivity contribution >= 4 is 40.6 Å². The Labute approximate surface area is 116 Å². The molecule has 0 radical (unpaired) electrons. The van der Waals surface area contributed by atoms with E-state index in [0.29, 0.717) is 28.7 Å². The molecule has 0 fully saturated rings. The number of amides is 1. The molecule has 96 valence electrons. The minimum absolute atomic E-state index is 0.0234. The van der Waals surface area contributed by atoms with Crippen molar-refractivity contribution in [3.63, 3.8) is 0 Å². The Kier molecular flexibility index (Phi) is 4.09. The van der Waals surface area contributed by atoms with Gasteiger partial charge < -0.3 is 5.32 Å². The molecular formula is C12H13Cl2N3O.